The zero-order chi connectivity index (χ0) is 20.4. The lowest BCUT2D eigenvalue weighted by molar-refractivity contribution is -0.143. The van der Waals surface area contributed by atoms with Crippen molar-refractivity contribution < 1.29 is 46.2 Å². The summed E-state index contributed by atoms with van der Waals surface area (Å²) in [6, 6.07) is 2.13. The molecule has 8 nitrogen and oxygen atoms in total. The first-order valence-electron chi connectivity index (χ1n) is 7.11. The van der Waals surface area contributed by atoms with E-state index in [2.05, 4.69) is 19.5 Å². The van der Waals surface area contributed by atoms with Crippen molar-refractivity contribution in [1.82, 2.24) is 10.6 Å². The predicted octanol–water partition coefficient (Wildman–Crippen LogP) is 1.90. The molecule has 0 saturated heterocycles. The molecule has 0 aliphatic heterocycles. The number of carbonyl (C=O) groups is 3. The van der Waals surface area contributed by atoms with E-state index in [9.17, 15) is 31.9 Å². The molecule has 0 saturated carbocycles. The molecule has 0 radical (unpaired) electrons. The van der Waals surface area contributed by atoms with Gasteiger partial charge in [0.25, 0.3) is 5.91 Å². The van der Waals surface area contributed by atoms with Crippen molar-refractivity contribution in [2.24, 2.45) is 0 Å². The Hall–Kier alpha value is -3.31. The Morgan fingerprint density at radius 3 is 2.37 bits per heavy atom. The first kappa shape index (κ1) is 21.7. The van der Waals surface area contributed by atoms with Crippen LogP contribution in [0.15, 0.2) is 24.3 Å². The van der Waals surface area contributed by atoms with Crippen molar-refractivity contribution in [2.75, 3.05) is 13.7 Å². The molecular weight excluding hydrogens is 380 g/mol. The van der Waals surface area contributed by atoms with Crippen molar-refractivity contribution in [3.05, 3.63) is 29.8 Å². The minimum Gasteiger partial charge on any atom is -0.452 e. The van der Waals surface area contributed by atoms with E-state index in [1.54, 1.807) is 0 Å². The van der Waals surface area contributed by atoms with Crippen LogP contribution >= 0.6 is 0 Å². The molecule has 0 aliphatic carbocycles. The maximum Gasteiger partial charge on any atom is 0.387 e. The molecule has 0 bridgehead atoms. The minimum absolute atomic E-state index is 0.0660. The van der Waals surface area contributed by atoms with Crippen LogP contribution in [-0.4, -0.2) is 44.8 Å². The van der Waals surface area contributed by atoms with E-state index in [1.807, 2.05) is 5.32 Å². The lowest BCUT2D eigenvalue weighted by Gasteiger charge is -2.11. The number of nitrogens with one attached hydrogen (secondary N) is 2. The Morgan fingerprint density at radius 2 is 1.78 bits per heavy atom. The van der Waals surface area contributed by atoms with Crippen LogP contribution in [0, 0.1) is 0 Å². The van der Waals surface area contributed by atoms with E-state index in [0.29, 0.717) is 0 Å². The Kier molecular flexibility index (Phi) is 8.56. The molecule has 1 aromatic rings. The van der Waals surface area contributed by atoms with Gasteiger partial charge in [-0.1, -0.05) is 0 Å². The van der Waals surface area contributed by atoms with Crippen LogP contribution in [0.2, 0.25) is 0 Å². The molecule has 2 N–H and O–H groups in total. The molecule has 148 valence electrons. The zero-order valence-corrected chi connectivity index (χ0v) is 13.7. The topological polar surface area (TPSA) is 103 Å². The van der Waals surface area contributed by atoms with E-state index in [1.165, 1.54) is 7.05 Å². The van der Waals surface area contributed by atoms with Crippen LogP contribution < -0.4 is 20.1 Å². The van der Waals surface area contributed by atoms with E-state index in [4.69, 9.17) is 0 Å². The number of carbonyl (C=O) groups excluding carboxylic acids is 3. The molecule has 12 heteroatoms. The Morgan fingerprint density at radius 1 is 1.11 bits per heavy atom. The molecule has 3 amide bonds. The molecule has 0 spiro atoms. The third kappa shape index (κ3) is 8.56. The third-order valence-electron chi connectivity index (χ3n) is 2.65. The number of benzene rings is 1. The highest BCUT2D eigenvalue weighted by Gasteiger charge is 2.13. The lowest BCUT2D eigenvalue weighted by atomic mass is 10.1. The van der Waals surface area contributed by atoms with Crippen LogP contribution in [0.3, 0.4) is 0 Å². The summed E-state index contributed by atoms with van der Waals surface area (Å²) in [7, 11) is 1.27. The van der Waals surface area contributed by atoms with Gasteiger partial charge in [0, 0.05) is 24.8 Å². The number of alkyl halides is 4. The largest absolute Gasteiger partial charge is 0.452 e. The summed E-state index contributed by atoms with van der Waals surface area (Å²) in [6.07, 6.45) is 1.79. The fourth-order valence-electron chi connectivity index (χ4n) is 1.59. The van der Waals surface area contributed by atoms with Crippen molar-refractivity contribution in [2.45, 2.75) is 13.2 Å². The lowest BCUT2D eigenvalue weighted by Crippen LogP contribution is -2.39. The van der Waals surface area contributed by atoms with Gasteiger partial charge in [-0.05, 0) is 18.2 Å². The van der Waals surface area contributed by atoms with Gasteiger partial charge in [-0.15, -0.1) is 0 Å². The number of urea groups is 1. The summed E-state index contributed by atoms with van der Waals surface area (Å²) in [5.74, 6) is -2.87. The average Bonchev–Trinajstić information content (AvgIpc) is 2.58. The number of hydrogen-bond donors (Lipinski definition) is 2. The second-order valence-electron chi connectivity index (χ2n) is 4.52. The monoisotopic (exact) mass is 394 g/mol. The van der Waals surface area contributed by atoms with Crippen LogP contribution in [0.4, 0.5) is 22.4 Å². The fraction of sp³-hybridized carbons (Fsp3) is 0.267. The normalized spacial score (nSPS) is 10.8. The van der Waals surface area contributed by atoms with E-state index < -0.39 is 49.2 Å². The molecule has 0 aliphatic rings. The molecule has 1 rings (SSSR count). The molecule has 1 aromatic carbocycles. The van der Waals surface area contributed by atoms with Crippen LogP contribution in [0.5, 0.6) is 11.5 Å². The number of halogens is 4. The predicted molar refractivity (Wildman–Crippen MR) is 82.3 cm³/mol. The van der Waals surface area contributed by atoms with E-state index in [0.717, 1.165) is 30.4 Å². The van der Waals surface area contributed by atoms with Gasteiger partial charge in [-0.25, -0.2) is 9.59 Å². The van der Waals surface area contributed by atoms with Gasteiger partial charge in [0.1, 0.15) is 11.5 Å². The third-order valence-corrected chi connectivity index (χ3v) is 2.65. The fourth-order valence-corrected chi connectivity index (χ4v) is 1.59. The second kappa shape index (κ2) is 10.6. The molecular formula is C15H14F4N2O6. The molecule has 0 unspecified atom stereocenters. The van der Waals surface area contributed by atoms with Crippen molar-refractivity contribution in [3.63, 3.8) is 0 Å². The van der Waals surface area contributed by atoms with Crippen molar-refractivity contribution in [1.29, 1.82) is 0 Å². The highest BCUT2D eigenvalue weighted by Crippen LogP contribution is 2.28. The first-order chi connectivity index (χ1) is 12.7. The quantitative estimate of drug-likeness (QED) is 0.397. The maximum absolute atomic E-state index is 12.4. The van der Waals surface area contributed by atoms with Gasteiger partial charge in [0.05, 0.1) is 0 Å². The van der Waals surface area contributed by atoms with E-state index >= 15 is 0 Å². The molecule has 0 aromatic heterocycles. The van der Waals surface area contributed by atoms with Gasteiger partial charge in [0.15, 0.2) is 6.61 Å². The number of amides is 3. The van der Waals surface area contributed by atoms with E-state index in [-0.39, 0.29) is 5.56 Å². The van der Waals surface area contributed by atoms with Gasteiger partial charge >= 0.3 is 25.2 Å². The summed E-state index contributed by atoms with van der Waals surface area (Å²) in [4.78, 5) is 33.6. The van der Waals surface area contributed by atoms with Crippen LogP contribution in [-0.2, 0) is 14.3 Å². The Labute approximate surface area is 150 Å². The molecule has 0 fully saturated rings. The number of hydrogen-bond acceptors (Lipinski definition) is 6. The number of ether oxygens (including phenoxy) is 3. The standard InChI is InChI=1S/C15H14F4N2O6/c1-20-15(24)21-11(22)7-25-12(23)5-3-8-2-4-9(26-13(16)17)6-10(8)27-14(18)19/h2-6,13-14H,7H2,1H3,(H2,20,21,22,24)/b5-3+. The van der Waals surface area contributed by atoms with Crippen molar-refractivity contribution in [3.8, 4) is 11.5 Å². The highest BCUT2D eigenvalue weighted by atomic mass is 19.3. The average molecular weight is 394 g/mol. The summed E-state index contributed by atoms with van der Waals surface area (Å²) in [6.45, 7) is -7.18. The molecule has 0 atom stereocenters. The molecule has 0 heterocycles. The summed E-state index contributed by atoms with van der Waals surface area (Å²) in [5, 5.41) is 3.95. The summed E-state index contributed by atoms with van der Waals surface area (Å²) < 4.78 is 62.0. The second-order valence-corrected chi connectivity index (χ2v) is 4.52. The summed E-state index contributed by atoms with van der Waals surface area (Å²) in [5.41, 5.74) is -0.0660. The van der Waals surface area contributed by atoms with Gasteiger partial charge in [0.2, 0.25) is 0 Å². The number of imide groups is 1. The van der Waals surface area contributed by atoms with Crippen LogP contribution in [0.1, 0.15) is 5.56 Å². The number of rotatable bonds is 8. The Bertz CT molecular complexity index is 712. The SMILES string of the molecule is CNC(=O)NC(=O)COC(=O)/C=C/c1ccc(OC(F)F)cc1OC(F)F. The smallest absolute Gasteiger partial charge is 0.387 e. The van der Waals surface area contributed by atoms with Gasteiger partial charge in [-0.2, -0.15) is 17.6 Å². The molecule has 27 heavy (non-hydrogen) atoms. The summed E-state index contributed by atoms with van der Waals surface area (Å²) >= 11 is 0. The first-order valence-corrected chi connectivity index (χ1v) is 7.11. The Balaban J connectivity index is 2.76. The zero-order valence-electron chi connectivity index (χ0n) is 13.7. The maximum atomic E-state index is 12.4. The number of esters is 1. The van der Waals surface area contributed by atoms with Gasteiger partial charge < -0.3 is 19.5 Å². The minimum atomic E-state index is -3.25. The van der Waals surface area contributed by atoms with Crippen molar-refractivity contribution >= 4 is 24.0 Å². The van der Waals surface area contributed by atoms with Gasteiger partial charge in [-0.3, -0.25) is 10.1 Å². The highest BCUT2D eigenvalue weighted by molar-refractivity contribution is 5.96. The van der Waals surface area contributed by atoms with Crippen LogP contribution in [0.25, 0.3) is 6.08 Å².